The number of hydrogen-bond acceptors (Lipinski definition) is 4. The van der Waals surface area contributed by atoms with Gasteiger partial charge in [0, 0.05) is 37.4 Å². The zero-order valence-corrected chi connectivity index (χ0v) is 14.4. The highest BCUT2D eigenvalue weighted by Gasteiger charge is 2.22. The molecule has 0 bridgehead atoms. The van der Waals surface area contributed by atoms with Gasteiger partial charge in [0.15, 0.2) is 0 Å². The van der Waals surface area contributed by atoms with E-state index in [4.69, 9.17) is 28.4 Å². The van der Waals surface area contributed by atoms with E-state index in [9.17, 15) is 4.79 Å². The second-order valence-electron chi connectivity index (χ2n) is 5.57. The van der Waals surface area contributed by atoms with Crippen LogP contribution in [0.1, 0.15) is 10.4 Å². The van der Waals surface area contributed by atoms with Crippen molar-refractivity contribution in [3.8, 4) is 0 Å². The monoisotopic (exact) mass is 365 g/mol. The van der Waals surface area contributed by atoms with Gasteiger partial charge in [0.1, 0.15) is 0 Å². The van der Waals surface area contributed by atoms with E-state index >= 15 is 0 Å². The largest absolute Gasteiger partial charge is 0.368 e. The molecular weight excluding hydrogens is 349 g/mol. The van der Waals surface area contributed by atoms with E-state index < -0.39 is 0 Å². The number of piperazine rings is 1. The molecular formula is C17H17Cl2N3O2. The lowest BCUT2D eigenvalue weighted by Crippen LogP contribution is -2.48. The topological polar surface area (TPSA) is 55.8 Å². The molecule has 0 atom stereocenters. The second kappa shape index (κ2) is 7.30. The van der Waals surface area contributed by atoms with Gasteiger partial charge < -0.3 is 9.80 Å². The molecule has 2 aromatic rings. The third-order valence-electron chi connectivity index (χ3n) is 4.09. The molecule has 1 heterocycles. The average Bonchev–Trinajstić information content (AvgIpc) is 2.63. The van der Waals surface area contributed by atoms with Crippen molar-refractivity contribution >= 4 is 40.5 Å². The first-order valence-electron chi connectivity index (χ1n) is 7.58. The van der Waals surface area contributed by atoms with Crippen molar-refractivity contribution in [2.45, 2.75) is 0 Å². The van der Waals surface area contributed by atoms with Crippen molar-refractivity contribution in [1.82, 2.24) is 4.90 Å². The van der Waals surface area contributed by atoms with Gasteiger partial charge in [-0.05, 0) is 42.5 Å². The Morgan fingerprint density at radius 2 is 1.62 bits per heavy atom. The first-order valence-corrected chi connectivity index (χ1v) is 8.33. The van der Waals surface area contributed by atoms with E-state index in [1.807, 2.05) is 29.2 Å². The summed E-state index contributed by atoms with van der Waals surface area (Å²) in [6.07, 6.45) is 0. The molecule has 1 amide bonds. The van der Waals surface area contributed by atoms with E-state index in [1.165, 1.54) is 0 Å². The summed E-state index contributed by atoms with van der Waals surface area (Å²) in [6, 6.07) is 12.4. The van der Waals surface area contributed by atoms with E-state index in [-0.39, 0.29) is 5.91 Å². The van der Waals surface area contributed by atoms with Crippen molar-refractivity contribution in [1.29, 1.82) is 0 Å². The normalized spacial score (nSPS) is 14.6. The Morgan fingerprint density at radius 1 is 0.958 bits per heavy atom. The van der Waals surface area contributed by atoms with Crippen LogP contribution in [0.2, 0.25) is 10.0 Å². The summed E-state index contributed by atoms with van der Waals surface area (Å²) in [5.41, 5.74) is 4.38. The summed E-state index contributed by atoms with van der Waals surface area (Å²) in [7, 11) is 0. The van der Waals surface area contributed by atoms with Gasteiger partial charge in [-0.1, -0.05) is 23.2 Å². The van der Waals surface area contributed by atoms with Crippen LogP contribution in [0.4, 0.5) is 11.4 Å². The van der Waals surface area contributed by atoms with Crippen LogP contribution in [0.5, 0.6) is 0 Å². The molecule has 0 radical (unpaired) electrons. The number of benzene rings is 2. The Balaban J connectivity index is 1.63. The standard InChI is InChI=1S/C17H17Cl2N3O2/c18-15-6-1-12(11-16(15)19)17(23)22-9-7-21(8-10-22)14-4-2-13(20-24)3-5-14/h1-6,11,20,24H,7-10H2. The molecule has 3 rings (SSSR count). The minimum atomic E-state index is -0.0342. The molecule has 7 heteroatoms. The van der Waals surface area contributed by atoms with Gasteiger partial charge in [-0.3, -0.25) is 15.5 Å². The average molecular weight is 366 g/mol. The third kappa shape index (κ3) is 3.59. The molecule has 1 fully saturated rings. The predicted molar refractivity (Wildman–Crippen MR) is 96.4 cm³/mol. The van der Waals surface area contributed by atoms with Crippen LogP contribution >= 0.6 is 23.2 Å². The smallest absolute Gasteiger partial charge is 0.254 e. The number of anilines is 2. The summed E-state index contributed by atoms with van der Waals surface area (Å²) in [6.45, 7) is 2.77. The van der Waals surface area contributed by atoms with Crippen molar-refractivity contribution in [3.63, 3.8) is 0 Å². The highest BCUT2D eigenvalue weighted by Crippen LogP contribution is 2.24. The van der Waals surface area contributed by atoms with Gasteiger partial charge >= 0.3 is 0 Å². The summed E-state index contributed by atoms with van der Waals surface area (Å²) in [5, 5.41) is 9.69. The molecule has 0 saturated carbocycles. The van der Waals surface area contributed by atoms with Crippen LogP contribution in [0.15, 0.2) is 42.5 Å². The summed E-state index contributed by atoms with van der Waals surface area (Å²) in [4.78, 5) is 16.6. The fourth-order valence-electron chi connectivity index (χ4n) is 2.73. The van der Waals surface area contributed by atoms with Gasteiger partial charge in [-0.15, -0.1) is 0 Å². The molecule has 0 aromatic heterocycles. The summed E-state index contributed by atoms with van der Waals surface area (Å²) in [5.74, 6) is -0.0342. The molecule has 126 valence electrons. The van der Waals surface area contributed by atoms with Crippen molar-refractivity contribution in [3.05, 3.63) is 58.1 Å². The Morgan fingerprint density at radius 3 is 2.21 bits per heavy atom. The number of amides is 1. The molecule has 0 unspecified atom stereocenters. The van der Waals surface area contributed by atoms with Crippen LogP contribution < -0.4 is 10.4 Å². The first-order chi connectivity index (χ1) is 11.6. The Kier molecular flexibility index (Phi) is 5.14. The van der Waals surface area contributed by atoms with Crippen molar-refractivity contribution in [2.24, 2.45) is 0 Å². The molecule has 1 aliphatic heterocycles. The lowest BCUT2D eigenvalue weighted by molar-refractivity contribution is 0.0747. The number of nitrogens with zero attached hydrogens (tertiary/aromatic N) is 2. The van der Waals surface area contributed by atoms with Crippen LogP contribution in [0, 0.1) is 0 Å². The van der Waals surface area contributed by atoms with Crippen LogP contribution in [0.3, 0.4) is 0 Å². The minimum absolute atomic E-state index is 0.0342. The second-order valence-corrected chi connectivity index (χ2v) is 6.38. The Hall–Kier alpha value is -1.95. The zero-order valence-electron chi connectivity index (χ0n) is 12.9. The lowest BCUT2D eigenvalue weighted by atomic mass is 10.1. The quantitative estimate of drug-likeness (QED) is 0.813. The van der Waals surface area contributed by atoms with Crippen LogP contribution in [-0.4, -0.2) is 42.2 Å². The maximum atomic E-state index is 12.6. The molecule has 2 N–H and O–H groups in total. The summed E-state index contributed by atoms with van der Waals surface area (Å²) < 4.78 is 0. The zero-order chi connectivity index (χ0) is 17.1. The lowest BCUT2D eigenvalue weighted by Gasteiger charge is -2.36. The number of carbonyl (C=O) groups is 1. The number of halogens is 2. The van der Waals surface area contributed by atoms with Crippen LogP contribution in [-0.2, 0) is 0 Å². The van der Waals surface area contributed by atoms with E-state index in [2.05, 4.69) is 10.4 Å². The first kappa shape index (κ1) is 16.9. The van der Waals surface area contributed by atoms with Gasteiger partial charge in [0.05, 0.1) is 15.7 Å². The molecule has 5 nitrogen and oxygen atoms in total. The maximum Gasteiger partial charge on any atom is 0.254 e. The van der Waals surface area contributed by atoms with Crippen LogP contribution in [0.25, 0.3) is 0 Å². The van der Waals surface area contributed by atoms with Gasteiger partial charge in [-0.2, -0.15) is 0 Å². The van der Waals surface area contributed by atoms with E-state index in [0.717, 1.165) is 18.8 Å². The van der Waals surface area contributed by atoms with Crippen molar-refractivity contribution < 1.29 is 10.0 Å². The molecule has 2 aromatic carbocycles. The van der Waals surface area contributed by atoms with Gasteiger partial charge in [0.2, 0.25) is 0 Å². The van der Waals surface area contributed by atoms with Gasteiger partial charge in [0.25, 0.3) is 5.91 Å². The molecule has 24 heavy (non-hydrogen) atoms. The molecule has 1 aliphatic rings. The summed E-state index contributed by atoms with van der Waals surface area (Å²) >= 11 is 11.9. The fourth-order valence-corrected chi connectivity index (χ4v) is 3.02. The minimum Gasteiger partial charge on any atom is -0.368 e. The van der Waals surface area contributed by atoms with E-state index in [1.54, 1.807) is 18.2 Å². The molecule has 0 spiro atoms. The molecule has 1 saturated heterocycles. The predicted octanol–water partition coefficient (Wildman–Crippen LogP) is 3.76. The van der Waals surface area contributed by atoms with Gasteiger partial charge in [-0.25, -0.2) is 0 Å². The highest BCUT2D eigenvalue weighted by atomic mass is 35.5. The Labute approximate surface area is 150 Å². The Bertz CT molecular complexity index is 729. The number of rotatable bonds is 3. The number of nitrogens with one attached hydrogen (secondary N) is 1. The van der Waals surface area contributed by atoms with E-state index in [0.29, 0.717) is 34.4 Å². The third-order valence-corrected chi connectivity index (χ3v) is 4.83. The highest BCUT2D eigenvalue weighted by molar-refractivity contribution is 6.42. The maximum absolute atomic E-state index is 12.6. The molecule has 0 aliphatic carbocycles. The fraction of sp³-hybridized carbons (Fsp3) is 0.235. The number of carbonyl (C=O) groups excluding carboxylic acids is 1. The van der Waals surface area contributed by atoms with Crippen molar-refractivity contribution in [2.75, 3.05) is 36.6 Å². The number of hydrogen-bond donors (Lipinski definition) is 2. The SMILES string of the molecule is O=C(c1ccc(Cl)c(Cl)c1)N1CCN(c2ccc(NO)cc2)CC1.